The van der Waals surface area contributed by atoms with Crippen molar-refractivity contribution in [1.29, 1.82) is 0 Å². The van der Waals surface area contributed by atoms with Gasteiger partial charge in [0.1, 0.15) is 0 Å². The first-order valence-electron chi connectivity index (χ1n) is 13.0. The first kappa shape index (κ1) is 22.8. The van der Waals surface area contributed by atoms with Crippen molar-refractivity contribution in [3.63, 3.8) is 0 Å². The van der Waals surface area contributed by atoms with Crippen LogP contribution >= 0.6 is 0 Å². The first-order chi connectivity index (χ1) is 14.3. The number of hydrogen-bond acceptors (Lipinski definition) is 1. The second kappa shape index (κ2) is 8.89. The van der Waals surface area contributed by atoms with Gasteiger partial charge in [-0.1, -0.05) is 58.4 Å². The quantitative estimate of drug-likeness (QED) is 0.313. The predicted octanol–water partition coefficient (Wildman–Crippen LogP) is 7.66. The Bertz CT molecular complexity index is 666. The van der Waals surface area contributed by atoms with E-state index < -0.39 is 0 Å². The summed E-state index contributed by atoms with van der Waals surface area (Å²) in [5, 5.41) is 0. The fraction of sp³-hybridized carbons (Fsp3) is 0.857. The molecule has 4 rings (SSSR count). The molecule has 4 aliphatic carbocycles. The molecule has 0 aromatic heterocycles. The van der Waals surface area contributed by atoms with Crippen LogP contribution in [-0.2, 0) is 4.43 Å². The molecule has 0 amide bonds. The molecule has 3 fully saturated rings. The topological polar surface area (TPSA) is 9.23 Å². The molecule has 0 heterocycles. The molecule has 2 heteroatoms. The van der Waals surface area contributed by atoms with Crippen LogP contribution < -0.4 is 0 Å². The number of hydrogen-bond donors (Lipinski definition) is 0. The summed E-state index contributed by atoms with van der Waals surface area (Å²) in [5.41, 5.74) is 2.71. The van der Waals surface area contributed by atoms with Crippen LogP contribution in [0.25, 0.3) is 0 Å². The fourth-order valence-corrected chi connectivity index (χ4v) is 8.75. The van der Waals surface area contributed by atoms with E-state index in [-0.39, 0.29) is 0 Å². The second-order valence-electron chi connectivity index (χ2n) is 12.1. The van der Waals surface area contributed by atoms with Crippen LogP contribution in [0.4, 0.5) is 0 Å². The van der Waals surface area contributed by atoms with Gasteiger partial charge in [0.25, 0.3) is 0 Å². The maximum atomic E-state index is 5.56. The molecule has 3 saturated carbocycles. The SMILES string of the molecule is CC[C@@H](/C=C\CC(C)C)[C@H]1CC[C@H]2[C@@H]3CC=C4CC(O[Si])CC[C@]4(C)[C@H]3CC[C@]12C. The van der Waals surface area contributed by atoms with Gasteiger partial charge in [-0.15, -0.1) is 0 Å². The molecule has 4 aliphatic rings. The Morgan fingerprint density at radius 2 is 1.93 bits per heavy atom. The van der Waals surface area contributed by atoms with Crippen molar-refractivity contribution in [1.82, 2.24) is 0 Å². The normalized spacial score (nSPS) is 44.5. The van der Waals surface area contributed by atoms with Gasteiger partial charge in [0.2, 0.25) is 10.5 Å². The molecular weight excluding hydrogens is 380 g/mol. The molecule has 0 aromatic rings. The van der Waals surface area contributed by atoms with Gasteiger partial charge in [-0.25, -0.2) is 0 Å². The molecule has 30 heavy (non-hydrogen) atoms. The zero-order valence-electron chi connectivity index (χ0n) is 20.3. The molecule has 8 atom stereocenters. The van der Waals surface area contributed by atoms with E-state index in [0.29, 0.717) is 16.9 Å². The van der Waals surface area contributed by atoms with Gasteiger partial charge in [0.15, 0.2) is 0 Å². The third-order valence-corrected chi connectivity index (χ3v) is 10.6. The molecule has 0 spiro atoms. The predicted molar refractivity (Wildman–Crippen MR) is 128 cm³/mol. The van der Waals surface area contributed by atoms with Crippen molar-refractivity contribution in [3.05, 3.63) is 23.8 Å². The monoisotopic (exact) mass is 425 g/mol. The highest BCUT2D eigenvalue weighted by Gasteiger charge is 2.59. The molecule has 1 nitrogen and oxygen atoms in total. The summed E-state index contributed by atoms with van der Waals surface area (Å²) in [4.78, 5) is 0. The number of rotatable bonds is 6. The van der Waals surface area contributed by atoms with Crippen LogP contribution in [0.3, 0.4) is 0 Å². The second-order valence-corrected chi connectivity index (χ2v) is 12.3. The molecule has 0 aliphatic heterocycles. The van der Waals surface area contributed by atoms with Crippen molar-refractivity contribution in [2.24, 2.45) is 46.3 Å². The molecule has 0 aromatic carbocycles. The lowest BCUT2D eigenvalue weighted by atomic mass is 9.47. The molecule has 0 saturated heterocycles. The maximum absolute atomic E-state index is 5.56. The van der Waals surface area contributed by atoms with Crippen molar-refractivity contribution < 1.29 is 4.43 Å². The largest absolute Gasteiger partial charge is 0.415 e. The van der Waals surface area contributed by atoms with E-state index in [1.807, 2.05) is 0 Å². The summed E-state index contributed by atoms with van der Waals surface area (Å²) >= 11 is 0. The minimum absolute atomic E-state index is 0.380. The fourth-order valence-electron chi connectivity index (χ4n) is 8.55. The highest BCUT2D eigenvalue weighted by Crippen LogP contribution is 2.67. The van der Waals surface area contributed by atoms with Gasteiger partial charge >= 0.3 is 0 Å². The van der Waals surface area contributed by atoms with Crippen LogP contribution in [0, 0.1) is 46.3 Å². The summed E-state index contributed by atoms with van der Waals surface area (Å²) in [5.74, 6) is 5.21. The van der Waals surface area contributed by atoms with Crippen LogP contribution in [0.15, 0.2) is 23.8 Å². The van der Waals surface area contributed by atoms with Crippen molar-refractivity contribution in [3.8, 4) is 0 Å². The van der Waals surface area contributed by atoms with E-state index in [0.717, 1.165) is 41.9 Å². The van der Waals surface area contributed by atoms with Gasteiger partial charge in [-0.2, -0.15) is 0 Å². The van der Waals surface area contributed by atoms with E-state index in [1.165, 1.54) is 57.8 Å². The summed E-state index contributed by atoms with van der Waals surface area (Å²) in [7, 11) is 3.33. The number of fused-ring (bicyclic) bond motifs is 5. The van der Waals surface area contributed by atoms with E-state index >= 15 is 0 Å². The minimum Gasteiger partial charge on any atom is -0.415 e. The van der Waals surface area contributed by atoms with Gasteiger partial charge in [0, 0.05) is 6.10 Å². The van der Waals surface area contributed by atoms with E-state index in [1.54, 1.807) is 5.57 Å². The summed E-state index contributed by atoms with van der Waals surface area (Å²) < 4.78 is 5.56. The smallest absolute Gasteiger partial charge is 0.246 e. The molecular formula is C28H45OSi. The average molecular weight is 426 g/mol. The van der Waals surface area contributed by atoms with Crippen molar-refractivity contribution in [2.75, 3.05) is 0 Å². The highest BCUT2D eigenvalue weighted by atomic mass is 28.2. The molecule has 0 N–H and O–H groups in total. The Kier molecular flexibility index (Phi) is 6.77. The number of allylic oxidation sites excluding steroid dienone is 3. The van der Waals surface area contributed by atoms with E-state index in [2.05, 4.69) is 63.3 Å². The van der Waals surface area contributed by atoms with Crippen molar-refractivity contribution >= 4 is 10.5 Å². The Hall–Kier alpha value is -0.343. The lowest BCUT2D eigenvalue weighted by Gasteiger charge is -2.58. The Morgan fingerprint density at radius 1 is 1.13 bits per heavy atom. The van der Waals surface area contributed by atoms with Crippen LogP contribution in [0.2, 0.25) is 0 Å². The molecule has 1 unspecified atom stereocenters. The lowest BCUT2D eigenvalue weighted by Crippen LogP contribution is -2.51. The maximum Gasteiger partial charge on any atom is 0.246 e. The van der Waals surface area contributed by atoms with E-state index in [9.17, 15) is 0 Å². The third-order valence-electron chi connectivity index (χ3n) is 10.3. The standard InChI is InChI=1S/C28H45OSi/c1-6-20(9-7-8-19(2)3)24-12-13-25-23-11-10-21-18-22(29-30)14-16-27(21,4)26(23)15-17-28(24,25)5/h7,9-10,19-20,22-26H,6,8,11-18H2,1-5H3/b9-7-/t20-,22?,23-,24+,25-,26-,27-,28+/m0/s1. The molecule has 3 radical (unpaired) electrons. The van der Waals surface area contributed by atoms with Gasteiger partial charge < -0.3 is 4.43 Å². The lowest BCUT2D eigenvalue weighted by molar-refractivity contribution is -0.0534. The molecule has 167 valence electrons. The average Bonchev–Trinajstić information content (AvgIpc) is 3.07. The first-order valence-corrected chi connectivity index (χ1v) is 13.4. The van der Waals surface area contributed by atoms with Gasteiger partial charge in [0.05, 0.1) is 0 Å². The Morgan fingerprint density at radius 3 is 2.63 bits per heavy atom. The summed E-state index contributed by atoms with van der Waals surface area (Å²) in [6.45, 7) is 12.4. The zero-order chi connectivity index (χ0) is 21.5. The summed E-state index contributed by atoms with van der Waals surface area (Å²) in [6, 6.07) is 0. The Balaban J connectivity index is 1.54. The highest BCUT2D eigenvalue weighted by molar-refractivity contribution is 5.98. The van der Waals surface area contributed by atoms with E-state index in [4.69, 9.17) is 4.43 Å². The van der Waals surface area contributed by atoms with Crippen LogP contribution in [0.5, 0.6) is 0 Å². The zero-order valence-corrected chi connectivity index (χ0v) is 21.3. The minimum atomic E-state index is 0.380. The van der Waals surface area contributed by atoms with Gasteiger partial charge in [-0.3, -0.25) is 0 Å². The van der Waals surface area contributed by atoms with Crippen molar-refractivity contribution in [2.45, 2.75) is 105 Å². The van der Waals surface area contributed by atoms with Gasteiger partial charge in [-0.05, 0) is 111 Å². The Labute approximate surface area is 190 Å². The molecule has 0 bridgehead atoms. The van der Waals surface area contributed by atoms with Crippen LogP contribution in [0.1, 0.15) is 98.8 Å². The van der Waals surface area contributed by atoms with Crippen LogP contribution in [-0.4, -0.2) is 16.6 Å². The third kappa shape index (κ3) is 3.83. The summed E-state index contributed by atoms with van der Waals surface area (Å²) in [6.07, 6.45) is 21.6.